The summed E-state index contributed by atoms with van der Waals surface area (Å²) >= 11 is 0. The number of piperazine rings is 1. The molecule has 2 aromatic carbocycles. The molecule has 1 saturated carbocycles. The Bertz CT molecular complexity index is 1680. The van der Waals surface area contributed by atoms with Crippen LogP contribution in [0.4, 0.5) is 0 Å². The SMILES string of the molecule is COC[C@]1(O)CCCC[C@H]1n1cnc(C(=O)N2CCNC[C@H]2CCOc2cc3oc(=O)ccc3cc2OC)c1-c1ccccc1. The molecule has 6 rings (SSSR count). The second kappa shape index (κ2) is 13.4. The number of methoxy groups -OCH3 is 2. The molecule has 4 aromatic rings. The summed E-state index contributed by atoms with van der Waals surface area (Å²) in [4.78, 5) is 32.7. The van der Waals surface area contributed by atoms with Crippen LogP contribution in [-0.4, -0.2) is 84.2 Å². The minimum atomic E-state index is -1.06. The molecule has 3 heterocycles. The molecule has 11 heteroatoms. The van der Waals surface area contributed by atoms with Crippen LogP contribution in [0.1, 0.15) is 48.6 Å². The van der Waals surface area contributed by atoms with Crippen LogP contribution in [0, 0.1) is 0 Å². The van der Waals surface area contributed by atoms with Gasteiger partial charge in [0.25, 0.3) is 5.91 Å². The third-order valence-corrected chi connectivity index (χ3v) is 8.96. The highest BCUT2D eigenvalue weighted by molar-refractivity contribution is 5.98. The molecule has 2 aliphatic rings. The molecule has 0 spiro atoms. The van der Waals surface area contributed by atoms with Gasteiger partial charge in [-0.15, -0.1) is 0 Å². The first-order valence-electron chi connectivity index (χ1n) is 15.5. The van der Waals surface area contributed by atoms with Crippen molar-refractivity contribution < 1.29 is 28.5 Å². The lowest BCUT2D eigenvalue weighted by Gasteiger charge is -2.41. The van der Waals surface area contributed by atoms with Crippen LogP contribution in [0.25, 0.3) is 22.2 Å². The summed E-state index contributed by atoms with van der Waals surface area (Å²) in [6.07, 6.45) is 5.53. The lowest BCUT2D eigenvalue weighted by Crippen LogP contribution is -2.54. The quantitative estimate of drug-likeness (QED) is 0.254. The van der Waals surface area contributed by atoms with Crippen LogP contribution in [0.2, 0.25) is 0 Å². The standard InChI is InChI=1S/C34H40N4O7/c1-42-21-34(41)14-7-6-10-29(34)38-22-36-31(32(38)23-8-4-3-5-9-23)33(40)37-16-15-35-20-25(37)13-17-44-28-19-26-24(18-27(28)43-2)11-12-30(39)45-26/h3-5,8-9,11-12,18-19,22,25,29,35,41H,6-7,10,13-17,20-21H2,1-2H3/t25-,29-,34-/m1/s1. The maximum absolute atomic E-state index is 14.3. The summed E-state index contributed by atoms with van der Waals surface area (Å²) in [7, 11) is 3.16. The fourth-order valence-corrected chi connectivity index (χ4v) is 6.73. The van der Waals surface area contributed by atoms with Gasteiger partial charge in [0.1, 0.15) is 11.2 Å². The Kier molecular flexibility index (Phi) is 9.20. The van der Waals surface area contributed by atoms with Gasteiger partial charge in [0, 0.05) is 62.3 Å². The van der Waals surface area contributed by atoms with Gasteiger partial charge in [-0.05, 0) is 25.0 Å². The number of aromatic nitrogens is 2. The zero-order valence-electron chi connectivity index (χ0n) is 25.7. The maximum Gasteiger partial charge on any atom is 0.336 e. The number of hydrogen-bond donors (Lipinski definition) is 2. The van der Waals surface area contributed by atoms with E-state index in [4.69, 9.17) is 23.6 Å². The topological polar surface area (TPSA) is 128 Å². The van der Waals surface area contributed by atoms with Crippen LogP contribution in [-0.2, 0) is 4.74 Å². The van der Waals surface area contributed by atoms with Crippen molar-refractivity contribution in [3.8, 4) is 22.8 Å². The molecule has 2 fully saturated rings. The van der Waals surface area contributed by atoms with Crippen LogP contribution >= 0.6 is 0 Å². The van der Waals surface area contributed by atoms with E-state index >= 15 is 0 Å². The first-order chi connectivity index (χ1) is 21.9. The largest absolute Gasteiger partial charge is 0.493 e. The molecule has 1 saturated heterocycles. The highest BCUT2D eigenvalue weighted by Crippen LogP contribution is 2.41. The summed E-state index contributed by atoms with van der Waals surface area (Å²) in [5.41, 5.74) is 0.857. The number of aliphatic hydroxyl groups is 1. The molecule has 11 nitrogen and oxygen atoms in total. The van der Waals surface area contributed by atoms with Gasteiger partial charge >= 0.3 is 5.63 Å². The molecule has 1 aliphatic heterocycles. The van der Waals surface area contributed by atoms with Gasteiger partial charge in [-0.1, -0.05) is 43.2 Å². The van der Waals surface area contributed by atoms with Crippen LogP contribution in [0.15, 0.2) is 70.1 Å². The lowest BCUT2D eigenvalue weighted by atomic mass is 9.80. The molecule has 2 aromatic heterocycles. The number of fused-ring (bicyclic) bond motifs is 1. The Morgan fingerprint density at radius 3 is 2.78 bits per heavy atom. The number of imidazole rings is 1. The monoisotopic (exact) mass is 616 g/mol. The zero-order chi connectivity index (χ0) is 31.4. The Morgan fingerprint density at radius 1 is 1.13 bits per heavy atom. The number of nitrogens with zero attached hydrogens (tertiary/aromatic N) is 3. The maximum atomic E-state index is 14.3. The summed E-state index contributed by atoms with van der Waals surface area (Å²) in [6.45, 7) is 2.31. The van der Waals surface area contributed by atoms with Crippen molar-refractivity contribution in [2.75, 3.05) is 47.1 Å². The first-order valence-corrected chi connectivity index (χ1v) is 15.5. The smallest absolute Gasteiger partial charge is 0.336 e. The van der Waals surface area contributed by atoms with Crippen molar-refractivity contribution in [2.45, 2.75) is 49.8 Å². The molecule has 2 N–H and O–H groups in total. The van der Waals surface area contributed by atoms with Crippen molar-refractivity contribution in [2.24, 2.45) is 0 Å². The summed E-state index contributed by atoms with van der Waals surface area (Å²) in [6, 6.07) is 15.8. The molecule has 1 aliphatic carbocycles. The van der Waals surface area contributed by atoms with Crippen LogP contribution in [0.3, 0.4) is 0 Å². The third-order valence-electron chi connectivity index (χ3n) is 8.96. The Balaban J connectivity index is 1.26. The van der Waals surface area contributed by atoms with E-state index in [2.05, 4.69) is 5.32 Å². The van der Waals surface area contributed by atoms with Gasteiger partial charge in [0.2, 0.25) is 0 Å². The van der Waals surface area contributed by atoms with E-state index in [-0.39, 0.29) is 24.6 Å². The number of carbonyl (C=O) groups excluding carboxylic acids is 1. The van der Waals surface area contributed by atoms with Crippen molar-refractivity contribution in [3.05, 3.63) is 77.0 Å². The molecular formula is C34H40N4O7. The van der Waals surface area contributed by atoms with Crippen molar-refractivity contribution in [1.29, 1.82) is 0 Å². The molecule has 0 unspecified atom stereocenters. The average Bonchev–Trinajstić information content (AvgIpc) is 3.49. The summed E-state index contributed by atoms with van der Waals surface area (Å²) < 4.78 is 24.4. The van der Waals surface area contributed by atoms with Gasteiger partial charge in [0.15, 0.2) is 17.2 Å². The minimum Gasteiger partial charge on any atom is -0.493 e. The molecule has 238 valence electrons. The number of carbonyl (C=O) groups is 1. The molecule has 0 bridgehead atoms. The number of amides is 1. The van der Waals surface area contributed by atoms with Crippen molar-refractivity contribution in [1.82, 2.24) is 19.8 Å². The summed E-state index contributed by atoms with van der Waals surface area (Å²) in [5, 5.41) is 15.8. The normalized spacial score (nSPS) is 22.0. The molecule has 45 heavy (non-hydrogen) atoms. The Labute approximate surface area is 261 Å². The number of nitrogens with one attached hydrogen (secondary N) is 1. The van der Waals surface area contributed by atoms with E-state index in [1.54, 1.807) is 38.7 Å². The summed E-state index contributed by atoms with van der Waals surface area (Å²) in [5.74, 6) is 0.831. The van der Waals surface area contributed by atoms with E-state index < -0.39 is 11.2 Å². The fourth-order valence-electron chi connectivity index (χ4n) is 6.73. The highest BCUT2D eigenvalue weighted by Gasteiger charge is 2.42. The Hall–Kier alpha value is -4.19. The molecular weight excluding hydrogens is 576 g/mol. The predicted molar refractivity (Wildman–Crippen MR) is 169 cm³/mol. The molecule has 0 radical (unpaired) electrons. The van der Waals surface area contributed by atoms with Crippen molar-refractivity contribution >= 4 is 16.9 Å². The third kappa shape index (κ3) is 6.33. The van der Waals surface area contributed by atoms with Gasteiger partial charge < -0.3 is 38.5 Å². The molecule has 1 amide bonds. The lowest BCUT2D eigenvalue weighted by molar-refractivity contribution is -0.0893. The van der Waals surface area contributed by atoms with Crippen LogP contribution < -0.4 is 20.4 Å². The van der Waals surface area contributed by atoms with E-state index in [1.165, 1.54) is 6.07 Å². The Morgan fingerprint density at radius 2 is 1.98 bits per heavy atom. The average molecular weight is 617 g/mol. The predicted octanol–water partition coefficient (Wildman–Crippen LogP) is 4.04. The van der Waals surface area contributed by atoms with Gasteiger partial charge in [-0.2, -0.15) is 0 Å². The number of hydrogen-bond acceptors (Lipinski definition) is 9. The van der Waals surface area contributed by atoms with E-state index in [0.717, 1.165) is 30.2 Å². The van der Waals surface area contributed by atoms with Gasteiger partial charge in [-0.3, -0.25) is 4.79 Å². The number of ether oxygens (including phenoxy) is 3. The minimum absolute atomic E-state index is 0.149. The zero-order valence-corrected chi connectivity index (χ0v) is 25.7. The van der Waals surface area contributed by atoms with E-state index in [1.807, 2.05) is 39.8 Å². The highest BCUT2D eigenvalue weighted by atomic mass is 16.5. The van der Waals surface area contributed by atoms with Gasteiger partial charge in [0.05, 0.1) is 38.4 Å². The first kappa shape index (κ1) is 30.8. The number of rotatable bonds is 10. The van der Waals surface area contributed by atoms with E-state index in [0.29, 0.717) is 67.6 Å². The van der Waals surface area contributed by atoms with Crippen molar-refractivity contribution in [3.63, 3.8) is 0 Å². The van der Waals surface area contributed by atoms with E-state index in [9.17, 15) is 14.7 Å². The second-order valence-electron chi connectivity index (χ2n) is 11.8. The number of benzene rings is 2. The van der Waals surface area contributed by atoms with Gasteiger partial charge in [-0.25, -0.2) is 9.78 Å². The fraction of sp³-hybridized carbons (Fsp3) is 0.441. The van der Waals surface area contributed by atoms with Crippen LogP contribution in [0.5, 0.6) is 11.5 Å². The second-order valence-corrected chi connectivity index (χ2v) is 11.8. The molecule has 3 atom stereocenters.